The van der Waals surface area contributed by atoms with Crippen LogP contribution in [0.5, 0.6) is 0 Å². The number of ether oxygens (including phenoxy) is 1. The standard InChI is InChI=1S/C25H28F6N2O2.ClH/c1-15(17-11-18(24(26,27)28)13-19(12-17)25(29,30)31)35-21-9-10-33(22(34)23(2,3)32)14-20(21)16-7-5-4-6-8-16;/h4-8,11-13,15,20-21H,9-10,14,32H2,1-3H3;1H/t15-,20+,21+;/m1./s1. The van der Waals surface area contributed by atoms with Crippen molar-refractivity contribution < 1.29 is 35.9 Å². The molecule has 3 rings (SSSR count). The molecule has 0 unspecified atom stereocenters. The fourth-order valence-electron chi connectivity index (χ4n) is 4.26. The molecular formula is C25H29ClF6N2O2. The minimum absolute atomic E-state index is 0. The van der Waals surface area contributed by atoms with E-state index in [1.165, 1.54) is 6.92 Å². The van der Waals surface area contributed by atoms with Crippen molar-refractivity contribution >= 4 is 18.3 Å². The van der Waals surface area contributed by atoms with E-state index in [1.54, 1.807) is 18.7 Å². The lowest BCUT2D eigenvalue weighted by Crippen LogP contribution is -2.55. The molecule has 0 aromatic heterocycles. The number of amides is 1. The number of alkyl halides is 6. The Kier molecular flexibility index (Phi) is 9.13. The van der Waals surface area contributed by atoms with Gasteiger partial charge in [0.25, 0.3) is 0 Å². The van der Waals surface area contributed by atoms with Gasteiger partial charge in [-0.1, -0.05) is 30.3 Å². The Bertz CT molecular complexity index is 1010. The third-order valence-corrected chi connectivity index (χ3v) is 6.07. The molecule has 1 aliphatic rings. The molecule has 0 radical (unpaired) electrons. The van der Waals surface area contributed by atoms with Crippen molar-refractivity contribution in [2.45, 2.75) is 63.2 Å². The molecule has 4 nitrogen and oxygen atoms in total. The number of likely N-dealkylation sites (tertiary alicyclic amines) is 1. The molecule has 1 aliphatic heterocycles. The lowest BCUT2D eigenvalue weighted by molar-refractivity contribution is -0.143. The molecule has 36 heavy (non-hydrogen) atoms. The summed E-state index contributed by atoms with van der Waals surface area (Å²) >= 11 is 0. The molecule has 2 aromatic rings. The summed E-state index contributed by atoms with van der Waals surface area (Å²) in [6, 6.07) is 10.6. The summed E-state index contributed by atoms with van der Waals surface area (Å²) in [5.41, 5.74) is 2.74. The molecule has 2 N–H and O–H groups in total. The Labute approximate surface area is 212 Å². The van der Waals surface area contributed by atoms with Crippen molar-refractivity contribution in [3.8, 4) is 0 Å². The molecule has 1 heterocycles. The van der Waals surface area contributed by atoms with Gasteiger partial charge in [-0.05, 0) is 56.5 Å². The van der Waals surface area contributed by atoms with Gasteiger partial charge in [0.15, 0.2) is 0 Å². The van der Waals surface area contributed by atoms with Gasteiger partial charge < -0.3 is 15.4 Å². The van der Waals surface area contributed by atoms with Gasteiger partial charge in [0.05, 0.1) is 28.9 Å². The Morgan fingerprint density at radius 2 is 1.53 bits per heavy atom. The number of benzene rings is 2. The van der Waals surface area contributed by atoms with Gasteiger partial charge >= 0.3 is 12.4 Å². The number of hydrogen-bond acceptors (Lipinski definition) is 3. The topological polar surface area (TPSA) is 55.6 Å². The van der Waals surface area contributed by atoms with Crippen molar-refractivity contribution in [2.24, 2.45) is 5.73 Å². The third kappa shape index (κ3) is 7.14. The molecule has 11 heteroatoms. The molecule has 1 amide bonds. The maximum Gasteiger partial charge on any atom is 0.416 e. The van der Waals surface area contributed by atoms with E-state index >= 15 is 0 Å². The number of carbonyl (C=O) groups excluding carboxylic acids is 1. The maximum absolute atomic E-state index is 13.3. The lowest BCUT2D eigenvalue weighted by atomic mass is 9.86. The summed E-state index contributed by atoms with van der Waals surface area (Å²) in [7, 11) is 0. The van der Waals surface area contributed by atoms with Gasteiger partial charge in [0.1, 0.15) is 0 Å². The monoisotopic (exact) mass is 538 g/mol. The van der Waals surface area contributed by atoms with E-state index in [9.17, 15) is 31.1 Å². The SMILES string of the molecule is C[C@@H](O[C@H]1CCN(C(=O)C(C)(C)N)C[C@H]1c1ccccc1)c1cc(C(F)(F)F)cc(C(F)(F)F)c1.Cl. The van der Waals surface area contributed by atoms with Crippen LogP contribution < -0.4 is 5.73 Å². The molecule has 1 saturated heterocycles. The Morgan fingerprint density at radius 3 is 2.00 bits per heavy atom. The predicted molar refractivity (Wildman–Crippen MR) is 126 cm³/mol. The van der Waals surface area contributed by atoms with Crippen LogP contribution in [0.3, 0.4) is 0 Å². The zero-order valence-corrected chi connectivity index (χ0v) is 20.8. The van der Waals surface area contributed by atoms with Crippen LogP contribution in [-0.2, 0) is 21.9 Å². The van der Waals surface area contributed by atoms with Gasteiger partial charge in [-0.2, -0.15) is 26.3 Å². The van der Waals surface area contributed by atoms with Gasteiger partial charge in [0.2, 0.25) is 5.91 Å². The molecule has 3 atom stereocenters. The van der Waals surface area contributed by atoms with Crippen molar-refractivity contribution in [3.63, 3.8) is 0 Å². The van der Waals surface area contributed by atoms with Crippen molar-refractivity contribution in [2.75, 3.05) is 13.1 Å². The first-order valence-corrected chi connectivity index (χ1v) is 11.2. The summed E-state index contributed by atoms with van der Waals surface area (Å²) in [5.74, 6) is -0.593. The molecule has 1 fully saturated rings. The minimum atomic E-state index is -4.94. The molecule has 0 bridgehead atoms. The van der Waals surface area contributed by atoms with Crippen LogP contribution in [0, 0.1) is 0 Å². The zero-order chi connectivity index (χ0) is 26.2. The first-order chi connectivity index (χ1) is 16.1. The van der Waals surface area contributed by atoms with Gasteiger partial charge in [-0.15, -0.1) is 12.4 Å². The van der Waals surface area contributed by atoms with E-state index in [-0.39, 0.29) is 42.4 Å². The lowest BCUT2D eigenvalue weighted by Gasteiger charge is -2.41. The molecule has 0 aliphatic carbocycles. The second kappa shape index (κ2) is 11.0. The highest BCUT2D eigenvalue weighted by Gasteiger charge is 2.40. The highest BCUT2D eigenvalue weighted by atomic mass is 35.5. The number of piperidine rings is 1. The largest absolute Gasteiger partial charge is 0.416 e. The van der Waals surface area contributed by atoms with Crippen LogP contribution >= 0.6 is 12.4 Å². The first-order valence-electron chi connectivity index (χ1n) is 11.2. The van der Waals surface area contributed by atoms with Crippen molar-refractivity contribution in [3.05, 3.63) is 70.8 Å². The molecule has 0 spiro atoms. The van der Waals surface area contributed by atoms with Crippen LogP contribution in [0.4, 0.5) is 26.3 Å². The molecule has 2 aromatic carbocycles. The fraction of sp³-hybridized carbons (Fsp3) is 0.480. The number of hydrogen-bond donors (Lipinski definition) is 1. The Hall–Kier alpha value is -2.30. The molecule has 200 valence electrons. The Balaban J connectivity index is 0.00000456. The van der Waals surface area contributed by atoms with Crippen LogP contribution in [0.15, 0.2) is 48.5 Å². The van der Waals surface area contributed by atoms with Gasteiger partial charge in [0, 0.05) is 19.0 Å². The molecular weight excluding hydrogens is 510 g/mol. The van der Waals surface area contributed by atoms with Gasteiger partial charge in [-0.3, -0.25) is 4.79 Å². The Morgan fingerprint density at radius 1 is 1.00 bits per heavy atom. The predicted octanol–water partition coefficient (Wildman–Crippen LogP) is 6.35. The second-order valence-corrected chi connectivity index (χ2v) is 9.43. The quantitative estimate of drug-likeness (QED) is 0.452. The van der Waals surface area contributed by atoms with Gasteiger partial charge in [-0.25, -0.2) is 0 Å². The summed E-state index contributed by atoms with van der Waals surface area (Å²) in [5, 5.41) is 0. The average molecular weight is 539 g/mol. The van der Waals surface area contributed by atoms with Crippen LogP contribution in [-0.4, -0.2) is 35.5 Å². The number of rotatable bonds is 5. The normalized spacial score (nSPS) is 20.0. The zero-order valence-electron chi connectivity index (χ0n) is 20.0. The van der Waals surface area contributed by atoms with Crippen molar-refractivity contribution in [1.29, 1.82) is 0 Å². The van der Waals surface area contributed by atoms with E-state index in [1.807, 2.05) is 30.3 Å². The molecule has 0 saturated carbocycles. The number of nitrogens with two attached hydrogens (primary N) is 1. The average Bonchev–Trinajstić information content (AvgIpc) is 2.77. The van der Waals surface area contributed by atoms with Crippen molar-refractivity contribution in [1.82, 2.24) is 4.90 Å². The van der Waals surface area contributed by atoms with Crippen LogP contribution in [0.1, 0.15) is 61.5 Å². The van der Waals surface area contributed by atoms with Crippen LogP contribution in [0.25, 0.3) is 0 Å². The van der Waals surface area contributed by atoms with E-state index in [0.717, 1.165) is 5.56 Å². The highest BCUT2D eigenvalue weighted by molar-refractivity contribution is 5.85. The third-order valence-electron chi connectivity index (χ3n) is 6.07. The summed E-state index contributed by atoms with van der Waals surface area (Å²) in [6.45, 7) is 5.19. The first kappa shape index (κ1) is 29.9. The second-order valence-electron chi connectivity index (χ2n) is 9.43. The number of nitrogens with zero attached hydrogens (tertiary/aromatic N) is 1. The van der Waals surface area contributed by atoms with E-state index in [0.29, 0.717) is 25.1 Å². The number of carbonyl (C=O) groups is 1. The summed E-state index contributed by atoms with van der Waals surface area (Å²) in [6.07, 6.45) is -11.1. The maximum atomic E-state index is 13.3. The smallest absolute Gasteiger partial charge is 0.370 e. The minimum Gasteiger partial charge on any atom is -0.370 e. The highest BCUT2D eigenvalue weighted by Crippen LogP contribution is 2.39. The fourth-order valence-corrected chi connectivity index (χ4v) is 4.26. The van der Waals surface area contributed by atoms with E-state index < -0.39 is 41.2 Å². The number of halogens is 7. The summed E-state index contributed by atoms with van der Waals surface area (Å²) in [4.78, 5) is 14.4. The summed E-state index contributed by atoms with van der Waals surface area (Å²) < 4.78 is 85.9. The van der Waals surface area contributed by atoms with Crippen LogP contribution in [0.2, 0.25) is 0 Å². The van der Waals surface area contributed by atoms with E-state index in [4.69, 9.17) is 10.5 Å². The van der Waals surface area contributed by atoms with E-state index in [2.05, 4.69) is 0 Å².